The summed E-state index contributed by atoms with van der Waals surface area (Å²) in [5, 5.41) is 3.57. The van der Waals surface area contributed by atoms with Crippen molar-refractivity contribution in [3.05, 3.63) is 35.9 Å². The van der Waals surface area contributed by atoms with Crippen LogP contribution in [0.5, 0.6) is 0 Å². The molecule has 0 bridgehead atoms. The molecule has 1 aliphatic heterocycles. The van der Waals surface area contributed by atoms with Gasteiger partial charge in [-0.15, -0.1) is 0 Å². The number of likely N-dealkylation sites (N-methyl/N-ethyl adjacent to an activating group) is 1. The molecule has 1 aliphatic rings. The van der Waals surface area contributed by atoms with E-state index in [0.29, 0.717) is 0 Å². The van der Waals surface area contributed by atoms with Gasteiger partial charge in [-0.2, -0.15) is 0 Å². The summed E-state index contributed by atoms with van der Waals surface area (Å²) in [5.74, 6) is 0.925. The molecule has 118 valence electrons. The van der Waals surface area contributed by atoms with Crippen LogP contribution >= 0.6 is 0 Å². The first kappa shape index (κ1) is 16.5. The maximum atomic E-state index is 3.57. The van der Waals surface area contributed by atoms with Crippen LogP contribution in [0.25, 0.3) is 0 Å². The van der Waals surface area contributed by atoms with Crippen molar-refractivity contribution in [2.75, 3.05) is 32.7 Å². The Bertz CT molecular complexity index is 403. The number of nitrogens with one attached hydrogen (secondary N) is 1. The molecule has 2 rings (SSSR count). The Balaban J connectivity index is 2.03. The number of hydrogen-bond donors (Lipinski definition) is 1. The van der Waals surface area contributed by atoms with Crippen LogP contribution < -0.4 is 5.32 Å². The topological polar surface area (TPSA) is 15.3 Å². The molecule has 1 fully saturated rings. The van der Waals surface area contributed by atoms with Crippen molar-refractivity contribution in [3.8, 4) is 0 Å². The predicted molar refractivity (Wildman–Crippen MR) is 91.8 cm³/mol. The first-order valence-electron chi connectivity index (χ1n) is 8.66. The van der Waals surface area contributed by atoms with Gasteiger partial charge in [0.25, 0.3) is 0 Å². The SMILES string of the molecule is CCCC1CCN(CC(C)(CNCC)c2ccccc2)C1. The lowest BCUT2D eigenvalue weighted by atomic mass is 9.81. The molecule has 0 aliphatic carbocycles. The molecule has 2 nitrogen and oxygen atoms in total. The van der Waals surface area contributed by atoms with Gasteiger partial charge in [-0.05, 0) is 37.4 Å². The maximum Gasteiger partial charge on any atom is 0.0177 e. The van der Waals surface area contributed by atoms with Gasteiger partial charge in [0.2, 0.25) is 0 Å². The average Bonchev–Trinajstić information content (AvgIpc) is 2.93. The summed E-state index contributed by atoms with van der Waals surface area (Å²) in [6, 6.07) is 11.0. The highest BCUT2D eigenvalue weighted by molar-refractivity contribution is 5.25. The van der Waals surface area contributed by atoms with E-state index in [1.165, 1.54) is 44.5 Å². The molecule has 1 heterocycles. The lowest BCUT2D eigenvalue weighted by molar-refractivity contribution is 0.242. The van der Waals surface area contributed by atoms with Gasteiger partial charge in [0.15, 0.2) is 0 Å². The molecule has 0 radical (unpaired) electrons. The van der Waals surface area contributed by atoms with E-state index in [1.807, 2.05) is 0 Å². The third-order valence-electron chi connectivity index (χ3n) is 4.88. The van der Waals surface area contributed by atoms with E-state index in [2.05, 4.69) is 61.3 Å². The highest BCUT2D eigenvalue weighted by Gasteiger charge is 2.32. The molecule has 1 N–H and O–H groups in total. The largest absolute Gasteiger partial charge is 0.316 e. The zero-order chi connectivity index (χ0) is 15.1. The van der Waals surface area contributed by atoms with E-state index in [-0.39, 0.29) is 5.41 Å². The number of benzene rings is 1. The fourth-order valence-corrected chi connectivity index (χ4v) is 3.68. The second kappa shape index (κ2) is 7.95. The van der Waals surface area contributed by atoms with Crippen molar-refractivity contribution in [2.24, 2.45) is 5.92 Å². The van der Waals surface area contributed by atoms with Gasteiger partial charge in [0.1, 0.15) is 0 Å². The Labute approximate surface area is 130 Å². The first-order valence-corrected chi connectivity index (χ1v) is 8.66. The quantitative estimate of drug-likeness (QED) is 0.785. The highest BCUT2D eigenvalue weighted by atomic mass is 15.2. The standard InChI is InChI=1S/C19H32N2/c1-4-9-17-12-13-21(14-17)16-19(3,15-20-5-2)18-10-7-6-8-11-18/h6-8,10-11,17,20H,4-5,9,12-16H2,1-3H3. The van der Waals surface area contributed by atoms with E-state index in [0.717, 1.165) is 19.0 Å². The summed E-state index contributed by atoms with van der Waals surface area (Å²) < 4.78 is 0. The van der Waals surface area contributed by atoms with E-state index in [4.69, 9.17) is 0 Å². The molecule has 0 spiro atoms. The number of hydrogen-bond acceptors (Lipinski definition) is 2. The van der Waals surface area contributed by atoms with E-state index in [1.54, 1.807) is 0 Å². The Kier molecular flexibility index (Phi) is 6.25. The van der Waals surface area contributed by atoms with E-state index >= 15 is 0 Å². The minimum absolute atomic E-state index is 0.207. The molecule has 2 atom stereocenters. The van der Waals surface area contributed by atoms with Crippen LogP contribution in [0.2, 0.25) is 0 Å². The third-order valence-corrected chi connectivity index (χ3v) is 4.88. The molecule has 0 saturated carbocycles. The Morgan fingerprint density at radius 3 is 2.67 bits per heavy atom. The monoisotopic (exact) mass is 288 g/mol. The minimum atomic E-state index is 0.207. The smallest absolute Gasteiger partial charge is 0.0177 e. The Morgan fingerprint density at radius 1 is 1.24 bits per heavy atom. The number of likely N-dealkylation sites (tertiary alicyclic amines) is 1. The third kappa shape index (κ3) is 4.55. The van der Waals surface area contributed by atoms with Crippen molar-refractivity contribution < 1.29 is 0 Å². The second-order valence-corrected chi connectivity index (χ2v) is 6.89. The molecule has 1 aromatic carbocycles. The van der Waals surface area contributed by atoms with Gasteiger partial charge in [-0.1, -0.05) is 57.5 Å². The van der Waals surface area contributed by atoms with Crippen molar-refractivity contribution in [1.29, 1.82) is 0 Å². The Morgan fingerprint density at radius 2 is 2.00 bits per heavy atom. The summed E-state index contributed by atoms with van der Waals surface area (Å²) in [7, 11) is 0. The molecule has 2 unspecified atom stereocenters. The van der Waals surface area contributed by atoms with Crippen LogP contribution in [0.4, 0.5) is 0 Å². The second-order valence-electron chi connectivity index (χ2n) is 6.89. The first-order chi connectivity index (χ1) is 10.2. The zero-order valence-corrected chi connectivity index (χ0v) is 14.1. The lowest BCUT2D eigenvalue weighted by Crippen LogP contribution is -2.45. The van der Waals surface area contributed by atoms with Gasteiger partial charge >= 0.3 is 0 Å². The van der Waals surface area contributed by atoms with Crippen LogP contribution in [-0.4, -0.2) is 37.6 Å². The lowest BCUT2D eigenvalue weighted by Gasteiger charge is -2.35. The van der Waals surface area contributed by atoms with Crippen molar-refractivity contribution in [3.63, 3.8) is 0 Å². The van der Waals surface area contributed by atoms with Crippen LogP contribution in [0.15, 0.2) is 30.3 Å². The normalized spacial score (nSPS) is 22.3. The summed E-state index contributed by atoms with van der Waals surface area (Å²) in [6.45, 7) is 12.8. The van der Waals surface area contributed by atoms with Crippen LogP contribution in [0, 0.1) is 5.92 Å². The number of rotatable bonds is 8. The van der Waals surface area contributed by atoms with Crippen LogP contribution in [0.3, 0.4) is 0 Å². The van der Waals surface area contributed by atoms with Gasteiger partial charge in [0, 0.05) is 25.0 Å². The van der Waals surface area contributed by atoms with E-state index in [9.17, 15) is 0 Å². The highest BCUT2D eigenvalue weighted by Crippen LogP contribution is 2.28. The van der Waals surface area contributed by atoms with Gasteiger partial charge in [-0.3, -0.25) is 0 Å². The minimum Gasteiger partial charge on any atom is -0.316 e. The maximum absolute atomic E-state index is 3.57. The van der Waals surface area contributed by atoms with Crippen molar-refractivity contribution in [2.45, 2.75) is 45.4 Å². The number of nitrogens with zero attached hydrogens (tertiary/aromatic N) is 1. The fraction of sp³-hybridized carbons (Fsp3) is 0.684. The molecule has 0 aromatic heterocycles. The molecule has 1 aromatic rings. The molecule has 2 heteroatoms. The molecule has 21 heavy (non-hydrogen) atoms. The summed E-state index contributed by atoms with van der Waals surface area (Å²) in [5.41, 5.74) is 1.67. The molecular formula is C19H32N2. The predicted octanol–water partition coefficient (Wildman–Crippen LogP) is 3.68. The summed E-state index contributed by atoms with van der Waals surface area (Å²) in [4.78, 5) is 2.69. The van der Waals surface area contributed by atoms with Crippen LogP contribution in [0.1, 0.15) is 45.6 Å². The van der Waals surface area contributed by atoms with Gasteiger partial charge in [0.05, 0.1) is 0 Å². The van der Waals surface area contributed by atoms with E-state index < -0.39 is 0 Å². The molecule has 1 saturated heterocycles. The summed E-state index contributed by atoms with van der Waals surface area (Å²) >= 11 is 0. The molecular weight excluding hydrogens is 256 g/mol. The molecule has 0 amide bonds. The van der Waals surface area contributed by atoms with Crippen LogP contribution in [-0.2, 0) is 5.41 Å². The fourth-order valence-electron chi connectivity index (χ4n) is 3.68. The van der Waals surface area contributed by atoms with Gasteiger partial charge < -0.3 is 10.2 Å². The zero-order valence-electron chi connectivity index (χ0n) is 14.1. The van der Waals surface area contributed by atoms with Crippen molar-refractivity contribution >= 4 is 0 Å². The van der Waals surface area contributed by atoms with Gasteiger partial charge in [-0.25, -0.2) is 0 Å². The average molecular weight is 288 g/mol. The van der Waals surface area contributed by atoms with Crippen molar-refractivity contribution in [1.82, 2.24) is 10.2 Å². The summed E-state index contributed by atoms with van der Waals surface area (Å²) in [6.07, 6.45) is 4.11. The Hall–Kier alpha value is -0.860.